The van der Waals surface area contributed by atoms with E-state index in [4.69, 9.17) is 14.2 Å². The average molecular weight is 519 g/mol. The van der Waals surface area contributed by atoms with Crippen molar-refractivity contribution in [3.05, 3.63) is 23.9 Å². The molecule has 1 N–H and O–H groups in total. The number of hydrogen-bond acceptors (Lipinski definition) is 6. The Morgan fingerprint density at radius 2 is 2.14 bits per heavy atom. The van der Waals surface area contributed by atoms with Gasteiger partial charge >= 0.3 is 0 Å². The number of aliphatic imine (C=N–C) groups is 1. The number of halogens is 1. The Hall–Kier alpha value is -1.17. The predicted molar refractivity (Wildman–Crippen MR) is 125 cm³/mol. The van der Waals surface area contributed by atoms with Crippen LogP contribution in [0.4, 0.5) is 5.82 Å². The largest absolute Gasteiger partial charge is 0.382 e. The van der Waals surface area contributed by atoms with Crippen molar-refractivity contribution in [2.45, 2.75) is 13.0 Å². The van der Waals surface area contributed by atoms with Gasteiger partial charge in [0.15, 0.2) is 5.96 Å². The maximum absolute atomic E-state index is 5.70. The third-order valence-corrected chi connectivity index (χ3v) is 5.20. The smallest absolute Gasteiger partial charge is 0.193 e. The van der Waals surface area contributed by atoms with Crippen molar-refractivity contribution < 1.29 is 14.2 Å². The monoisotopic (exact) mass is 519 g/mol. The summed E-state index contributed by atoms with van der Waals surface area (Å²) in [5.41, 5.74) is 1.18. The maximum atomic E-state index is 5.70. The van der Waals surface area contributed by atoms with Crippen LogP contribution in [0, 0.1) is 5.92 Å². The molecule has 3 heterocycles. The summed E-state index contributed by atoms with van der Waals surface area (Å²) < 4.78 is 16.2. The van der Waals surface area contributed by atoms with Crippen LogP contribution in [0.15, 0.2) is 23.3 Å². The fourth-order valence-corrected chi connectivity index (χ4v) is 3.69. The zero-order valence-electron chi connectivity index (χ0n) is 17.5. The number of ether oxygens (including phenoxy) is 3. The van der Waals surface area contributed by atoms with Crippen molar-refractivity contribution in [1.29, 1.82) is 0 Å². The van der Waals surface area contributed by atoms with Crippen LogP contribution in [0.2, 0.25) is 0 Å². The molecule has 1 unspecified atom stereocenters. The lowest BCUT2D eigenvalue weighted by atomic mass is 10.1. The van der Waals surface area contributed by atoms with Gasteiger partial charge in [-0.2, -0.15) is 0 Å². The molecule has 2 aliphatic rings. The number of aromatic nitrogens is 1. The minimum absolute atomic E-state index is 0. The van der Waals surface area contributed by atoms with E-state index in [-0.39, 0.29) is 24.0 Å². The molecule has 0 amide bonds. The van der Waals surface area contributed by atoms with Gasteiger partial charge in [0.25, 0.3) is 0 Å². The second-order valence-electron chi connectivity index (χ2n) is 7.15. The highest BCUT2D eigenvalue weighted by molar-refractivity contribution is 14.0. The highest BCUT2D eigenvalue weighted by Crippen LogP contribution is 2.20. The van der Waals surface area contributed by atoms with Gasteiger partial charge in [0.1, 0.15) is 5.82 Å². The summed E-state index contributed by atoms with van der Waals surface area (Å²) in [5, 5.41) is 3.52. The van der Waals surface area contributed by atoms with Crippen LogP contribution < -0.4 is 10.2 Å². The summed E-state index contributed by atoms with van der Waals surface area (Å²) in [6, 6.07) is 4.13. The van der Waals surface area contributed by atoms with Gasteiger partial charge in [0, 0.05) is 64.6 Å². The van der Waals surface area contributed by atoms with Crippen molar-refractivity contribution in [3.8, 4) is 0 Å². The summed E-state index contributed by atoms with van der Waals surface area (Å²) in [4.78, 5) is 13.7. The number of likely N-dealkylation sites (tertiary alicyclic amines) is 1. The molecule has 8 nitrogen and oxygen atoms in total. The number of guanidine groups is 1. The maximum Gasteiger partial charge on any atom is 0.193 e. The molecule has 0 aliphatic carbocycles. The standard InChI is InChI=1S/C20H33N5O3.HI/c1-21-20(25-7-5-17(15-25)16-28-13-12-26-2)23-14-18-4-3-6-22-19(18)24-8-10-27-11-9-24;/h3-4,6,17H,5,7-16H2,1-2H3,(H,21,23);1H. The van der Waals surface area contributed by atoms with Gasteiger partial charge in [0.05, 0.1) is 33.0 Å². The number of pyridine rings is 1. The fourth-order valence-electron chi connectivity index (χ4n) is 3.69. The highest BCUT2D eigenvalue weighted by Gasteiger charge is 2.25. The van der Waals surface area contributed by atoms with Crippen molar-refractivity contribution in [2.75, 3.05) is 78.3 Å². The summed E-state index contributed by atoms with van der Waals surface area (Å²) >= 11 is 0. The fraction of sp³-hybridized carbons (Fsp3) is 0.700. The van der Waals surface area contributed by atoms with Crippen molar-refractivity contribution in [3.63, 3.8) is 0 Å². The first kappa shape index (κ1) is 24.1. The topological polar surface area (TPSA) is 71.5 Å². The zero-order valence-corrected chi connectivity index (χ0v) is 19.8. The van der Waals surface area contributed by atoms with Gasteiger partial charge in [-0.05, 0) is 12.5 Å². The third-order valence-electron chi connectivity index (χ3n) is 5.20. The quantitative estimate of drug-likeness (QED) is 0.242. The molecule has 9 heteroatoms. The first-order chi connectivity index (χ1) is 13.8. The Labute approximate surface area is 191 Å². The molecule has 164 valence electrons. The number of anilines is 1. The molecule has 3 rings (SSSR count). The van der Waals surface area contributed by atoms with Gasteiger partial charge in [-0.15, -0.1) is 24.0 Å². The molecule has 2 fully saturated rings. The average Bonchev–Trinajstić information content (AvgIpc) is 3.21. The van der Waals surface area contributed by atoms with Gasteiger partial charge < -0.3 is 29.3 Å². The van der Waals surface area contributed by atoms with E-state index in [0.29, 0.717) is 25.7 Å². The van der Waals surface area contributed by atoms with Crippen molar-refractivity contribution >= 4 is 35.8 Å². The Morgan fingerprint density at radius 3 is 2.90 bits per heavy atom. The van der Waals surface area contributed by atoms with Crippen molar-refractivity contribution in [1.82, 2.24) is 15.2 Å². The molecule has 2 saturated heterocycles. The molecule has 0 aromatic carbocycles. The van der Waals surface area contributed by atoms with E-state index in [1.807, 2.05) is 19.3 Å². The van der Waals surface area contributed by atoms with E-state index >= 15 is 0 Å². The SMILES string of the molecule is CN=C(NCc1cccnc1N1CCOCC1)N1CCC(COCCOC)C1.I. The van der Waals surface area contributed by atoms with E-state index in [1.54, 1.807) is 7.11 Å². The number of nitrogens with zero attached hydrogens (tertiary/aromatic N) is 4. The molecular formula is C20H34IN5O3. The van der Waals surface area contributed by atoms with Crippen LogP contribution in [-0.2, 0) is 20.8 Å². The third kappa shape index (κ3) is 7.23. The second-order valence-corrected chi connectivity index (χ2v) is 7.15. The van der Waals surface area contributed by atoms with Crippen LogP contribution in [-0.4, -0.2) is 89.2 Å². The normalized spacial score (nSPS) is 19.9. The van der Waals surface area contributed by atoms with Crippen LogP contribution >= 0.6 is 24.0 Å². The van der Waals surface area contributed by atoms with Crippen LogP contribution in [0.5, 0.6) is 0 Å². The van der Waals surface area contributed by atoms with Crippen LogP contribution in [0.25, 0.3) is 0 Å². The van der Waals surface area contributed by atoms with E-state index in [0.717, 1.165) is 64.2 Å². The van der Waals surface area contributed by atoms with E-state index in [2.05, 4.69) is 31.2 Å². The summed E-state index contributed by atoms with van der Waals surface area (Å²) in [6.45, 7) is 8.04. The van der Waals surface area contributed by atoms with E-state index < -0.39 is 0 Å². The van der Waals surface area contributed by atoms with Crippen molar-refractivity contribution in [2.24, 2.45) is 10.9 Å². The molecule has 0 bridgehead atoms. The van der Waals surface area contributed by atoms with E-state index in [1.165, 1.54) is 5.56 Å². The Balaban J connectivity index is 0.00000300. The van der Waals surface area contributed by atoms with Gasteiger partial charge in [-0.25, -0.2) is 4.98 Å². The lowest BCUT2D eigenvalue weighted by Gasteiger charge is -2.30. The summed E-state index contributed by atoms with van der Waals surface area (Å²) in [7, 11) is 3.54. The molecule has 0 spiro atoms. The number of morpholine rings is 1. The second kappa shape index (κ2) is 13.2. The van der Waals surface area contributed by atoms with Crippen LogP contribution in [0.1, 0.15) is 12.0 Å². The summed E-state index contributed by atoms with van der Waals surface area (Å²) in [5.74, 6) is 2.52. The molecule has 2 aliphatic heterocycles. The molecule has 29 heavy (non-hydrogen) atoms. The number of rotatable bonds is 8. The minimum atomic E-state index is 0. The number of methoxy groups -OCH3 is 1. The van der Waals surface area contributed by atoms with E-state index in [9.17, 15) is 0 Å². The lowest BCUT2D eigenvalue weighted by molar-refractivity contribution is 0.0536. The lowest BCUT2D eigenvalue weighted by Crippen LogP contribution is -2.41. The van der Waals surface area contributed by atoms with Gasteiger partial charge in [-0.3, -0.25) is 4.99 Å². The molecule has 0 saturated carbocycles. The Kier molecular flexibility index (Phi) is 11.0. The van der Waals surface area contributed by atoms with Crippen LogP contribution in [0.3, 0.4) is 0 Å². The summed E-state index contributed by atoms with van der Waals surface area (Å²) in [6.07, 6.45) is 2.98. The first-order valence-electron chi connectivity index (χ1n) is 10.1. The zero-order chi connectivity index (χ0) is 19.6. The number of hydrogen-bond donors (Lipinski definition) is 1. The molecule has 1 aromatic heterocycles. The molecule has 1 aromatic rings. The van der Waals surface area contributed by atoms with Gasteiger partial charge in [0.2, 0.25) is 0 Å². The molecular weight excluding hydrogens is 485 g/mol. The highest BCUT2D eigenvalue weighted by atomic mass is 127. The Morgan fingerprint density at radius 1 is 1.31 bits per heavy atom. The van der Waals surface area contributed by atoms with Gasteiger partial charge in [-0.1, -0.05) is 6.07 Å². The Bertz CT molecular complexity index is 628. The minimum Gasteiger partial charge on any atom is -0.382 e. The first-order valence-corrected chi connectivity index (χ1v) is 10.1. The molecule has 0 radical (unpaired) electrons. The predicted octanol–water partition coefficient (Wildman–Crippen LogP) is 1.60. The molecule has 1 atom stereocenters. The number of nitrogens with one attached hydrogen (secondary N) is 1.